The average molecular weight is 410 g/mol. The van der Waals surface area contributed by atoms with Gasteiger partial charge in [0.05, 0.1) is 9.75 Å². The lowest BCUT2D eigenvalue weighted by Crippen LogP contribution is -2.20. The molecule has 2 aromatic rings. The molecule has 0 fully saturated rings. The lowest BCUT2D eigenvalue weighted by Gasteiger charge is -2.15. The number of nitrogens with one attached hydrogen (secondary N) is 1. The summed E-state index contributed by atoms with van der Waals surface area (Å²) < 4.78 is 0. The van der Waals surface area contributed by atoms with Crippen LogP contribution in [0.5, 0.6) is 0 Å². The van der Waals surface area contributed by atoms with Gasteiger partial charge >= 0.3 is 0 Å². The van der Waals surface area contributed by atoms with Gasteiger partial charge < -0.3 is 5.32 Å². The smallest absolute Gasteiger partial charge is 0.270 e. The van der Waals surface area contributed by atoms with Crippen LogP contribution in [0.4, 0.5) is 11.4 Å². The molecule has 0 aliphatic rings. The summed E-state index contributed by atoms with van der Waals surface area (Å²) in [5.41, 5.74) is 1.91. The number of nitro groups is 1. The third kappa shape index (κ3) is 4.01. The summed E-state index contributed by atoms with van der Waals surface area (Å²) in [6, 6.07) is 11.2. The minimum atomic E-state index is -0.498. The summed E-state index contributed by atoms with van der Waals surface area (Å²) in [6.45, 7) is 5.68. The molecule has 0 saturated heterocycles. The summed E-state index contributed by atoms with van der Waals surface area (Å²) in [5, 5.41) is 14.3. The number of benzene rings is 2. The summed E-state index contributed by atoms with van der Waals surface area (Å²) >= 11 is 9.38. The fraction of sp³-hybridized carbons (Fsp3) is 0.118. The first-order chi connectivity index (χ1) is 11.3. The lowest BCUT2D eigenvalue weighted by molar-refractivity contribution is -0.384. The Morgan fingerprint density at radius 2 is 1.96 bits per heavy atom. The minimum Gasteiger partial charge on any atom is -0.325 e. The van der Waals surface area contributed by atoms with Crippen molar-refractivity contribution in [3.63, 3.8) is 0 Å². The van der Waals surface area contributed by atoms with Gasteiger partial charge in [-0.2, -0.15) is 0 Å². The van der Waals surface area contributed by atoms with Gasteiger partial charge in [0, 0.05) is 34.0 Å². The molecule has 0 aromatic heterocycles. The third-order valence-corrected chi connectivity index (χ3v) is 4.10. The van der Waals surface area contributed by atoms with E-state index >= 15 is 0 Å². The first-order valence-corrected chi connectivity index (χ1v) is 8.28. The van der Waals surface area contributed by atoms with Crippen molar-refractivity contribution in [1.29, 1.82) is 0 Å². The molecule has 1 unspecified atom stereocenters. The van der Waals surface area contributed by atoms with Gasteiger partial charge in [0.25, 0.3) is 5.69 Å². The molecule has 24 heavy (non-hydrogen) atoms. The Kier molecular flexibility index (Phi) is 5.75. The minimum absolute atomic E-state index is 0.0944. The number of carbonyl (C=O) groups is 1. The van der Waals surface area contributed by atoms with E-state index in [1.807, 2.05) is 0 Å². The van der Waals surface area contributed by atoms with Gasteiger partial charge in [-0.25, -0.2) is 0 Å². The highest BCUT2D eigenvalue weighted by molar-refractivity contribution is 9.10. The molecule has 1 amide bonds. The number of hydrogen-bond donors (Lipinski definition) is 1. The van der Waals surface area contributed by atoms with Crippen LogP contribution in [-0.2, 0) is 4.79 Å². The number of nitro benzene ring substituents is 1. The highest BCUT2D eigenvalue weighted by atomic mass is 79.9. The maximum Gasteiger partial charge on any atom is 0.270 e. The van der Waals surface area contributed by atoms with Crippen LogP contribution in [-0.4, -0.2) is 15.7 Å². The molecule has 0 spiro atoms. The Morgan fingerprint density at radius 3 is 2.54 bits per heavy atom. The number of anilines is 1. The summed E-state index contributed by atoms with van der Waals surface area (Å²) in [5.74, 6) is -0.267. The molecule has 124 valence electrons. The van der Waals surface area contributed by atoms with Crippen LogP contribution in [0.25, 0.3) is 5.57 Å². The van der Waals surface area contributed by atoms with E-state index in [4.69, 9.17) is 11.6 Å². The van der Waals surface area contributed by atoms with Gasteiger partial charge in [-0.3, -0.25) is 14.9 Å². The number of halogens is 2. The second-order valence-electron chi connectivity index (χ2n) is 5.05. The van der Waals surface area contributed by atoms with Crippen LogP contribution in [0, 0.1) is 10.1 Å². The third-order valence-electron chi connectivity index (χ3n) is 3.36. The molecule has 2 rings (SSSR count). The maximum atomic E-state index is 12.0. The van der Waals surface area contributed by atoms with E-state index in [1.165, 1.54) is 18.2 Å². The first-order valence-electron chi connectivity index (χ1n) is 6.99. The number of rotatable bonds is 5. The Bertz CT molecular complexity index is 821. The predicted molar refractivity (Wildman–Crippen MR) is 99.7 cm³/mol. The SMILES string of the molecule is C=C(c1ccccc1Cl)c1cc([N+](=O)[O-])ccc1NC(=O)C(C)Br. The van der Waals surface area contributed by atoms with Crippen molar-refractivity contribution in [2.24, 2.45) is 0 Å². The maximum absolute atomic E-state index is 12.0. The second kappa shape index (κ2) is 7.59. The van der Waals surface area contributed by atoms with Gasteiger partial charge in [-0.1, -0.05) is 52.3 Å². The van der Waals surface area contributed by atoms with Crippen molar-refractivity contribution in [3.05, 3.63) is 75.3 Å². The number of non-ortho nitro benzene ring substituents is 1. The molecule has 0 bridgehead atoms. The predicted octanol–water partition coefficient (Wildman–Crippen LogP) is 5.03. The molecule has 2 aromatic carbocycles. The van der Waals surface area contributed by atoms with Crippen molar-refractivity contribution in [2.75, 3.05) is 5.32 Å². The molecule has 0 aliphatic carbocycles. The van der Waals surface area contributed by atoms with E-state index in [-0.39, 0.29) is 11.6 Å². The van der Waals surface area contributed by atoms with Crippen LogP contribution in [0.15, 0.2) is 49.0 Å². The number of amides is 1. The first kappa shape index (κ1) is 18.2. The zero-order valence-corrected chi connectivity index (χ0v) is 15.1. The van der Waals surface area contributed by atoms with E-state index < -0.39 is 9.75 Å². The number of alkyl halides is 1. The lowest BCUT2D eigenvalue weighted by atomic mass is 9.97. The van der Waals surface area contributed by atoms with Crippen molar-refractivity contribution >= 4 is 50.4 Å². The van der Waals surface area contributed by atoms with E-state index in [2.05, 4.69) is 27.8 Å². The van der Waals surface area contributed by atoms with Gasteiger partial charge in [0.2, 0.25) is 5.91 Å². The summed E-state index contributed by atoms with van der Waals surface area (Å²) in [4.78, 5) is 22.1. The van der Waals surface area contributed by atoms with E-state index in [0.717, 1.165) is 0 Å². The Labute approximate surface area is 152 Å². The Morgan fingerprint density at radius 1 is 1.29 bits per heavy atom. The Balaban J connectivity index is 2.54. The van der Waals surface area contributed by atoms with Crippen LogP contribution in [0.1, 0.15) is 18.1 Å². The molecule has 0 saturated carbocycles. The molecular weight excluding hydrogens is 396 g/mol. The van der Waals surface area contributed by atoms with Gasteiger partial charge in [0.15, 0.2) is 0 Å². The molecule has 0 radical (unpaired) electrons. The topological polar surface area (TPSA) is 72.2 Å². The number of hydrogen-bond acceptors (Lipinski definition) is 3. The highest BCUT2D eigenvalue weighted by Gasteiger charge is 2.18. The largest absolute Gasteiger partial charge is 0.325 e. The number of carbonyl (C=O) groups excluding carboxylic acids is 1. The molecule has 0 aliphatic heterocycles. The summed E-state index contributed by atoms with van der Waals surface area (Å²) in [7, 11) is 0. The van der Waals surface area contributed by atoms with Crippen LogP contribution in [0.3, 0.4) is 0 Å². The van der Waals surface area contributed by atoms with Crippen molar-refractivity contribution in [3.8, 4) is 0 Å². The quantitative estimate of drug-likeness (QED) is 0.427. The average Bonchev–Trinajstić information content (AvgIpc) is 2.54. The molecule has 7 heteroatoms. The molecular formula is C17H14BrClN2O3. The van der Waals surface area contributed by atoms with E-state index in [9.17, 15) is 14.9 Å². The van der Waals surface area contributed by atoms with Gasteiger partial charge in [0.1, 0.15) is 0 Å². The van der Waals surface area contributed by atoms with Crippen LogP contribution < -0.4 is 5.32 Å². The van der Waals surface area contributed by atoms with Gasteiger partial charge in [-0.05, 0) is 24.6 Å². The molecule has 5 nitrogen and oxygen atoms in total. The van der Waals surface area contributed by atoms with Gasteiger partial charge in [-0.15, -0.1) is 0 Å². The fourth-order valence-corrected chi connectivity index (χ4v) is 2.45. The second-order valence-corrected chi connectivity index (χ2v) is 6.83. The van der Waals surface area contributed by atoms with E-state index in [0.29, 0.717) is 27.4 Å². The Hall–Kier alpha value is -2.18. The molecule has 0 heterocycles. The van der Waals surface area contributed by atoms with Crippen molar-refractivity contribution < 1.29 is 9.72 Å². The zero-order valence-electron chi connectivity index (χ0n) is 12.8. The van der Waals surface area contributed by atoms with Crippen LogP contribution in [0.2, 0.25) is 5.02 Å². The monoisotopic (exact) mass is 408 g/mol. The van der Waals surface area contributed by atoms with Crippen molar-refractivity contribution in [2.45, 2.75) is 11.8 Å². The highest BCUT2D eigenvalue weighted by Crippen LogP contribution is 2.34. The molecule has 1 atom stereocenters. The number of nitrogens with zero attached hydrogens (tertiary/aromatic N) is 1. The normalized spacial score (nSPS) is 11.6. The zero-order chi connectivity index (χ0) is 17.9. The fourth-order valence-electron chi connectivity index (χ4n) is 2.09. The molecule has 1 N–H and O–H groups in total. The van der Waals surface area contributed by atoms with Crippen LogP contribution >= 0.6 is 27.5 Å². The van der Waals surface area contributed by atoms with E-state index in [1.54, 1.807) is 31.2 Å². The van der Waals surface area contributed by atoms with Crippen molar-refractivity contribution in [1.82, 2.24) is 0 Å². The standard InChI is InChI=1S/C17H14BrClN2O3/c1-10(13-5-3-4-6-15(13)19)14-9-12(21(23)24)7-8-16(14)20-17(22)11(2)18/h3-9,11H,1H2,2H3,(H,20,22). The summed E-state index contributed by atoms with van der Waals surface area (Å²) in [6.07, 6.45) is 0.